The van der Waals surface area contributed by atoms with Crippen LogP contribution in [0.25, 0.3) is 0 Å². The van der Waals surface area contributed by atoms with Gasteiger partial charge in [-0.15, -0.1) is 0 Å². The third kappa shape index (κ3) is 10.3. The SMILES string of the molecule is Cc1ccc(Sc2ccc([S+](c3ccc(C)cc3)c3ccc(C)cc3)cc2)cc1.F[P-](F)(F)(F)(F)F. The molecule has 0 radical (unpaired) electrons. The summed E-state index contributed by atoms with van der Waals surface area (Å²) in [5.74, 6) is 0. The molecule has 0 fully saturated rings. The van der Waals surface area contributed by atoms with Gasteiger partial charge < -0.3 is 0 Å². The first-order chi connectivity index (χ1) is 16.5. The molecule has 0 aliphatic carbocycles. The molecular formula is C27H25F6PS2. The fourth-order valence-electron chi connectivity index (χ4n) is 3.14. The van der Waals surface area contributed by atoms with Crippen molar-refractivity contribution in [1.82, 2.24) is 0 Å². The zero-order valence-electron chi connectivity index (χ0n) is 19.8. The molecule has 0 spiro atoms. The second-order valence-corrected chi connectivity index (χ2v) is 13.4. The van der Waals surface area contributed by atoms with Gasteiger partial charge >= 0.3 is 33.0 Å². The second-order valence-electron chi connectivity index (χ2n) is 8.28. The summed E-state index contributed by atoms with van der Waals surface area (Å²) in [6, 6.07) is 35.7. The second kappa shape index (κ2) is 10.2. The van der Waals surface area contributed by atoms with E-state index in [1.54, 1.807) is 0 Å². The molecule has 0 saturated carbocycles. The van der Waals surface area contributed by atoms with Crippen molar-refractivity contribution in [2.24, 2.45) is 0 Å². The summed E-state index contributed by atoms with van der Waals surface area (Å²) < 4.78 is 59.2. The van der Waals surface area contributed by atoms with E-state index in [0.29, 0.717) is 0 Å². The Labute approximate surface area is 214 Å². The zero-order chi connectivity index (χ0) is 26.6. The monoisotopic (exact) mass is 558 g/mol. The Morgan fingerprint density at radius 2 is 0.667 bits per heavy atom. The number of benzene rings is 4. The number of hydrogen-bond acceptors (Lipinski definition) is 1. The summed E-state index contributed by atoms with van der Waals surface area (Å²) in [5, 5.41) is 0. The fourth-order valence-corrected chi connectivity index (χ4v) is 6.00. The van der Waals surface area contributed by atoms with Crippen LogP contribution in [0.3, 0.4) is 0 Å². The Morgan fingerprint density at radius 1 is 0.444 bits per heavy atom. The Morgan fingerprint density at radius 3 is 0.972 bits per heavy atom. The van der Waals surface area contributed by atoms with Crippen LogP contribution in [0.4, 0.5) is 25.2 Å². The predicted octanol–water partition coefficient (Wildman–Crippen LogP) is 11.2. The Hall–Kier alpha value is -2.41. The van der Waals surface area contributed by atoms with E-state index in [1.807, 2.05) is 11.8 Å². The molecule has 36 heavy (non-hydrogen) atoms. The van der Waals surface area contributed by atoms with Gasteiger partial charge in [-0.05, 0) is 81.4 Å². The molecule has 0 unspecified atom stereocenters. The molecule has 0 aromatic heterocycles. The number of halogens is 6. The van der Waals surface area contributed by atoms with Crippen LogP contribution in [0.1, 0.15) is 16.7 Å². The van der Waals surface area contributed by atoms with Crippen LogP contribution in [0.5, 0.6) is 0 Å². The summed E-state index contributed by atoms with van der Waals surface area (Å²) in [5.41, 5.74) is 3.89. The molecule has 0 N–H and O–H groups in total. The molecule has 4 aromatic carbocycles. The van der Waals surface area contributed by atoms with Crippen molar-refractivity contribution in [2.75, 3.05) is 0 Å². The molecule has 0 saturated heterocycles. The molecule has 0 aliphatic heterocycles. The van der Waals surface area contributed by atoms with Crippen LogP contribution in [0.2, 0.25) is 0 Å². The summed E-state index contributed by atoms with van der Waals surface area (Å²) in [4.78, 5) is 6.62. The molecule has 0 atom stereocenters. The van der Waals surface area contributed by atoms with Crippen LogP contribution < -0.4 is 0 Å². The first-order valence-corrected chi connectivity index (χ1v) is 14.9. The van der Waals surface area contributed by atoms with Gasteiger partial charge in [0.15, 0.2) is 14.7 Å². The normalized spacial score (nSPS) is 13.4. The maximum atomic E-state index is 9.87. The van der Waals surface area contributed by atoms with Crippen molar-refractivity contribution in [2.45, 2.75) is 45.2 Å². The third-order valence-corrected chi connectivity index (χ3v) is 8.08. The van der Waals surface area contributed by atoms with Crippen molar-refractivity contribution in [3.05, 3.63) is 114 Å². The van der Waals surface area contributed by atoms with E-state index in [1.165, 1.54) is 41.2 Å². The van der Waals surface area contributed by atoms with E-state index >= 15 is 0 Å². The minimum atomic E-state index is -10.7. The molecule has 0 bridgehead atoms. The standard InChI is InChI=1S/C27H25S2.F6P/c1-20-4-10-23(11-5-20)28-24-12-18-27(19-13-24)29(25-14-6-21(2)7-15-25)26-16-8-22(3)9-17-26;1-7(2,3,4,5)6/h4-19H,1-3H3;/q+1;-1. The molecule has 4 aromatic rings. The van der Waals surface area contributed by atoms with Gasteiger partial charge in [-0.2, -0.15) is 0 Å². The molecule has 0 aliphatic rings. The molecule has 0 heterocycles. The fraction of sp³-hybridized carbons (Fsp3) is 0.111. The number of aryl methyl sites for hydroxylation is 3. The molecule has 9 heteroatoms. The topological polar surface area (TPSA) is 0 Å². The van der Waals surface area contributed by atoms with Crippen LogP contribution >= 0.6 is 19.6 Å². The average molecular weight is 559 g/mol. The molecule has 0 nitrogen and oxygen atoms in total. The van der Waals surface area contributed by atoms with Gasteiger partial charge in [0.05, 0.1) is 10.9 Å². The van der Waals surface area contributed by atoms with Gasteiger partial charge in [0.1, 0.15) is 0 Å². The number of rotatable bonds is 5. The maximum absolute atomic E-state index is 10.7. The van der Waals surface area contributed by atoms with Crippen molar-refractivity contribution >= 4 is 30.5 Å². The van der Waals surface area contributed by atoms with Gasteiger partial charge in [-0.1, -0.05) is 64.9 Å². The average Bonchev–Trinajstić information content (AvgIpc) is 2.77. The van der Waals surface area contributed by atoms with E-state index in [2.05, 4.69) is 118 Å². The zero-order valence-corrected chi connectivity index (χ0v) is 22.3. The van der Waals surface area contributed by atoms with Crippen LogP contribution in [-0.2, 0) is 10.9 Å². The van der Waals surface area contributed by atoms with E-state index < -0.39 is 7.81 Å². The Kier molecular flexibility index (Phi) is 7.95. The first-order valence-electron chi connectivity index (χ1n) is 10.8. The van der Waals surface area contributed by atoms with Crippen LogP contribution in [0, 0.1) is 20.8 Å². The van der Waals surface area contributed by atoms with Gasteiger partial charge in [0, 0.05) is 9.79 Å². The first kappa shape index (κ1) is 28.2. The minimum absolute atomic E-state index is 0.0983. The van der Waals surface area contributed by atoms with Gasteiger partial charge in [0.2, 0.25) is 0 Å². The van der Waals surface area contributed by atoms with Crippen molar-refractivity contribution in [3.8, 4) is 0 Å². The predicted molar refractivity (Wildman–Crippen MR) is 140 cm³/mol. The third-order valence-electron chi connectivity index (χ3n) is 4.83. The number of hydrogen-bond donors (Lipinski definition) is 0. The van der Waals surface area contributed by atoms with Crippen molar-refractivity contribution < 1.29 is 25.2 Å². The Bertz CT molecular complexity index is 1230. The summed E-state index contributed by atoms with van der Waals surface area (Å²) in [7, 11) is -10.8. The molecule has 4 rings (SSSR count). The van der Waals surface area contributed by atoms with E-state index in [9.17, 15) is 25.2 Å². The van der Waals surface area contributed by atoms with Gasteiger partial charge in [0.25, 0.3) is 0 Å². The molecule has 192 valence electrons. The van der Waals surface area contributed by atoms with Crippen molar-refractivity contribution in [3.63, 3.8) is 0 Å². The van der Waals surface area contributed by atoms with Crippen LogP contribution in [0.15, 0.2) is 122 Å². The van der Waals surface area contributed by atoms with Crippen molar-refractivity contribution in [1.29, 1.82) is 0 Å². The van der Waals surface area contributed by atoms with Gasteiger partial charge in [-0.3, -0.25) is 0 Å². The summed E-state index contributed by atoms with van der Waals surface area (Å²) in [6.07, 6.45) is 0. The molecular weight excluding hydrogens is 533 g/mol. The summed E-state index contributed by atoms with van der Waals surface area (Å²) in [6.45, 7) is 6.41. The van der Waals surface area contributed by atoms with Gasteiger partial charge in [-0.25, -0.2) is 0 Å². The Balaban J connectivity index is 0.000000454. The quantitative estimate of drug-likeness (QED) is 0.133. The van der Waals surface area contributed by atoms with E-state index in [4.69, 9.17) is 0 Å². The summed E-state index contributed by atoms with van der Waals surface area (Å²) >= 11 is 1.82. The van der Waals surface area contributed by atoms with Crippen LogP contribution in [-0.4, -0.2) is 0 Å². The van der Waals surface area contributed by atoms with E-state index in [0.717, 1.165) is 0 Å². The van der Waals surface area contributed by atoms with E-state index in [-0.39, 0.29) is 10.9 Å². The molecule has 0 amide bonds.